The Hall–Kier alpha value is -0.250. The zero-order valence-electron chi connectivity index (χ0n) is 8.44. The maximum atomic E-state index is 13.0. The van der Waals surface area contributed by atoms with Crippen molar-refractivity contribution < 1.29 is 17.9 Å². The molecular formula is C10H17F3O. The van der Waals surface area contributed by atoms with E-state index in [1.54, 1.807) is 6.92 Å². The molecule has 0 radical (unpaired) electrons. The second-order valence-electron chi connectivity index (χ2n) is 3.88. The highest BCUT2D eigenvalue weighted by atomic mass is 19.3. The van der Waals surface area contributed by atoms with Crippen LogP contribution in [0.5, 0.6) is 0 Å². The van der Waals surface area contributed by atoms with Crippen molar-refractivity contribution in [2.45, 2.75) is 63.8 Å². The molecule has 0 unspecified atom stereocenters. The first kappa shape index (κ1) is 11.8. The molecule has 4 heteroatoms. The van der Waals surface area contributed by atoms with Gasteiger partial charge in [-0.2, -0.15) is 8.78 Å². The van der Waals surface area contributed by atoms with Crippen LogP contribution in [-0.4, -0.2) is 18.4 Å². The van der Waals surface area contributed by atoms with Crippen LogP contribution in [-0.2, 0) is 4.74 Å². The Kier molecular flexibility index (Phi) is 4.23. The molecule has 0 N–H and O–H groups in total. The highest BCUT2D eigenvalue weighted by molar-refractivity contribution is 4.73. The number of rotatable bonds is 4. The van der Waals surface area contributed by atoms with Crippen LogP contribution < -0.4 is 0 Å². The van der Waals surface area contributed by atoms with Crippen molar-refractivity contribution in [2.75, 3.05) is 0 Å². The molecule has 0 bridgehead atoms. The zero-order chi connectivity index (χ0) is 10.6. The van der Waals surface area contributed by atoms with Crippen LogP contribution in [0.25, 0.3) is 0 Å². The normalized spacial score (nSPS) is 29.1. The minimum absolute atomic E-state index is 0.247. The monoisotopic (exact) mass is 210 g/mol. The average Bonchev–Trinajstić information content (AvgIpc) is 2.08. The van der Waals surface area contributed by atoms with Gasteiger partial charge in [0.1, 0.15) is 6.17 Å². The second-order valence-corrected chi connectivity index (χ2v) is 3.88. The third-order valence-corrected chi connectivity index (χ3v) is 2.48. The van der Waals surface area contributed by atoms with Gasteiger partial charge < -0.3 is 4.74 Å². The number of halogens is 3. The molecule has 1 aliphatic carbocycles. The van der Waals surface area contributed by atoms with E-state index in [9.17, 15) is 13.2 Å². The Morgan fingerprint density at radius 2 is 1.79 bits per heavy atom. The molecule has 0 amide bonds. The lowest BCUT2D eigenvalue weighted by Gasteiger charge is -2.28. The standard InChI is InChI=1S/C10H17F3O/c1-2-7-10(12,13)14-9-5-3-8(11)4-6-9/h8-9H,2-7H2,1H3. The van der Waals surface area contributed by atoms with Crippen molar-refractivity contribution in [3.05, 3.63) is 0 Å². The number of ether oxygens (including phenoxy) is 1. The first-order valence-corrected chi connectivity index (χ1v) is 5.23. The van der Waals surface area contributed by atoms with Crippen LogP contribution >= 0.6 is 0 Å². The van der Waals surface area contributed by atoms with Gasteiger partial charge in [0.2, 0.25) is 0 Å². The maximum absolute atomic E-state index is 13.0. The second kappa shape index (κ2) is 5.01. The van der Waals surface area contributed by atoms with Crippen LogP contribution in [0.1, 0.15) is 45.4 Å². The van der Waals surface area contributed by atoms with Crippen LogP contribution in [0, 0.1) is 0 Å². The molecule has 0 aliphatic heterocycles. The molecule has 1 nitrogen and oxygen atoms in total. The molecular weight excluding hydrogens is 193 g/mol. The van der Waals surface area contributed by atoms with Crippen molar-refractivity contribution in [2.24, 2.45) is 0 Å². The third kappa shape index (κ3) is 3.86. The molecule has 0 aromatic carbocycles. The highest BCUT2D eigenvalue weighted by Crippen LogP contribution is 2.30. The Balaban J connectivity index is 2.29. The summed E-state index contributed by atoms with van der Waals surface area (Å²) in [6, 6.07) is 0. The minimum Gasteiger partial charge on any atom is -0.317 e. The summed E-state index contributed by atoms with van der Waals surface area (Å²) in [7, 11) is 0. The first-order chi connectivity index (χ1) is 6.53. The quantitative estimate of drug-likeness (QED) is 0.687. The fraction of sp³-hybridized carbons (Fsp3) is 1.00. The van der Waals surface area contributed by atoms with Crippen molar-refractivity contribution in [1.82, 2.24) is 0 Å². The number of alkyl halides is 3. The summed E-state index contributed by atoms with van der Waals surface area (Å²) in [5, 5.41) is 0. The smallest absolute Gasteiger partial charge is 0.317 e. The van der Waals surface area contributed by atoms with Crippen LogP contribution in [0.15, 0.2) is 0 Å². The molecule has 1 saturated carbocycles. The van der Waals surface area contributed by atoms with Crippen LogP contribution in [0.4, 0.5) is 13.2 Å². The molecule has 1 aliphatic rings. The molecule has 1 fully saturated rings. The van der Waals surface area contributed by atoms with Gasteiger partial charge in [-0.3, -0.25) is 0 Å². The van der Waals surface area contributed by atoms with Crippen molar-refractivity contribution >= 4 is 0 Å². The summed E-state index contributed by atoms with van der Waals surface area (Å²) in [5.41, 5.74) is 0. The van der Waals surface area contributed by atoms with Crippen LogP contribution in [0.3, 0.4) is 0 Å². The molecule has 0 heterocycles. The summed E-state index contributed by atoms with van der Waals surface area (Å²) < 4.78 is 43.3. The fourth-order valence-corrected chi connectivity index (χ4v) is 1.73. The van der Waals surface area contributed by atoms with E-state index in [1.807, 2.05) is 0 Å². The number of hydrogen-bond donors (Lipinski definition) is 0. The molecule has 14 heavy (non-hydrogen) atoms. The van der Waals surface area contributed by atoms with E-state index in [4.69, 9.17) is 0 Å². The van der Waals surface area contributed by atoms with Gasteiger partial charge in [-0.25, -0.2) is 4.39 Å². The zero-order valence-corrected chi connectivity index (χ0v) is 8.44. The van der Waals surface area contributed by atoms with Crippen LogP contribution in [0.2, 0.25) is 0 Å². The third-order valence-electron chi connectivity index (χ3n) is 2.48. The van der Waals surface area contributed by atoms with E-state index in [2.05, 4.69) is 4.74 Å². The predicted octanol–water partition coefficient (Wildman–Crippen LogP) is 3.68. The fourth-order valence-electron chi connectivity index (χ4n) is 1.73. The summed E-state index contributed by atoms with van der Waals surface area (Å²) in [6.07, 6.45) is -2.62. The molecule has 0 atom stereocenters. The lowest BCUT2D eigenvalue weighted by molar-refractivity contribution is -0.271. The summed E-state index contributed by atoms with van der Waals surface area (Å²) in [5.74, 6) is 0. The van der Waals surface area contributed by atoms with Gasteiger partial charge in [-0.1, -0.05) is 6.92 Å². The van der Waals surface area contributed by atoms with E-state index in [0.29, 0.717) is 32.1 Å². The van der Waals surface area contributed by atoms with Gasteiger partial charge in [0, 0.05) is 6.42 Å². The minimum atomic E-state index is -3.03. The molecule has 0 spiro atoms. The van der Waals surface area contributed by atoms with E-state index in [1.165, 1.54) is 0 Å². The van der Waals surface area contributed by atoms with Gasteiger partial charge in [0.05, 0.1) is 6.10 Å². The molecule has 0 aromatic rings. The van der Waals surface area contributed by atoms with E-state index >= 15 is 0 Å². The summed E-state index contributed by atoms with van der Waals surface area (Å²) in [6.45, 7) is 1.69. The Labute approximate surface area is 82.6 Å². The largest absolute Gasteiger partial charge is 0.355 e. The lowest BCUT2D eigenvalue weighted by atomic mass is 9.96. The van der Waals surface area contributed by atoms with Crippen molar-refractivity contribution in [3.63, 3.8) is 0 Å². The van der Waals surface area contributed by atoms with Crippen molar-refractivity contribution in [3.8, 4) is 0 Å². The Morgan fingerprint density at radius 1 is 1.21 bits per heavy atom. The van der Waals surface area contributed by atoms with Gasteiger partial charge in [0.15, 0.2) is 0 Å². The molecule has 0 aromatic heterocycles. The Bertz CT molecular complexity index is 165. The number of hydrogen-bond acceptors (Lipinski definition) is 1. The van der Waals surface area contributed by atoms with Gasteiger partial charge >= 0.3 is 6.11 Å². The molecule has 1 rings (SSSR count). The van der Waals surface area contributed by atoms with Gasteiger partial charge in [0.25, 0.3) is 0 Å². The summed E-state index contributed by atoms with van der Waals surface area (Å²) >= 11 is 0. The predicted molar refractivity (Wildman–Crippen MR) is 48.1 cm³/mol. The SMILES string of the molecule is CCCC(F)(F)OC1CCC(F)CC1. The topological polar surface area (TPSA) is 9.23 Å². The van der Waals surface area contributed by atoms with E-state index < -0.39 is 18.4 Å². The Morgan fingerprint density at radius 3 is 2.29 bits per heavy atom. The van der Waals surface area contributed by atoms with E-state index in [0.717, 1.165) is 0 Å². The average molecular weight is 210 g/mol. The summed E-state index contributed by atoms with van der Waals surface area (Å²) in [4.78, 5) is 0. The maximum Gasteiger partial charge on any atom is 0.355 e. The van der Waals surface area contributed by atoms with Crippen molar-refractivity contribution in [1.29, 1.82) is 0 Å². The first-order valence-electron chi connectivity index (χ1n) is 5.23. The highest BCUT2D eigenvalue weighted by Gasteiger charge is 2.34. The van der Waals surface area contributed by atoms with Gasteiger partial charge in [-0.05, 0) is 32.1 Å². The molecule has 84 valence electrons. The van der Waals surface area contributed by atoms with Gasteiger partial charge in [-0.15, -0.1) is 0 Å². The lowest BCUT2D eigenvalue weighted by Crippen LogP contribution is -2.31. The van der Waals surface area contributed by atoms with E-state index in [-0.39, 0.29) is 6.42 Å². The molecule has 0 saturated heterocycles.